The fraction of sp³-hybridized carbons (Fsp3) is 0.429. The summed E-state index contributed by atoms with van der Waals surface area (Å²) in [5.41, 5.74) is 5.97. The lowest BCUT2D eigenvalue weighted by atomic mass is 10.1. The standard InChI is InChI=1S/C7H8N2O3/c8-7-9-4-2-1-3(6(10)11)5(4)12-7/h3H,1-2H2,(H2,8,9)(H,10,11). The van der Waals surface area contributed by atoms with Crippen LogP contribution >= 0.6 is 0 Å². The molecule has 0 fully saturated rings. The van der Waals surface area contributed by atoms with Gasteiger partial charge in [0.1, 0.15) is 11.7 Å². The zero-order valence-electron chi connectivity index (χ0n) is 6.28. The number of carboxylic acid groups (broad SMARTS) is 1. The van der Waals surface area contributed by atoms with E-state index >= 15 is 0 Å². The van der Waals surface area contributed by atoms with E-state index in [-0.39, 0.29) is 6.01 Å². The summed E-state index contributed by atoms with van der Waals surface area (Å²) < 4.78 is 4.99. The van der Waals surface area contributed by atoms with Crippen molar-refractivity contribution in [1.82, 2.24) is 4.98 Å². The van der Waals surface area contributed by atoms with E-state index in [0.29, 0.717) is 24.3 Å². The highest BCUT2D eigenvalue weighted by atomic mass is 16.4. The van der Waals surface area contributed by atoms with Crippen LogP contribution in [0.15, 0.2) is 4.42 Å². The molecule has 1 aromatic heterocycles. The summed E-state index contributed by atoms with van der Waals surface area (Å²) in [4.78, 5) is 14.5. The Kier molecular flexibility index (Phi) is 1.33. The van der Waals surface area contributed by atoms with Crippen molar-refractivity contribution in [3.05, 3.63) is 11.5 Å². The van der Waals surface area contributed by atoms with Crippen LogP contribution < -0.4 is 5.73 Å². The molecule has 5 heteroatoms. The van der Waals surface area contributed by atoms with E-state index in [2.05, 4.69) is 4.98 Å². The van der Waals surface area contributed by atoms with Crippen LogP contribution in [0.5, 0.6) is 0 Å². The second-order valence-electron chi connectivity index (χ2n) is 2.79. The number of nitrogen functional groups attached to an aromatic ring is 1. The molecule has 1 aliphatic carbocycles. The lowest BCUT2D eigenvalue weighted by Crippen LogP contribution is -2.07. The summed E-state index contributed by atoms with van der Waals surface area (Å²) in [5, 5.41) is 8.74. The number of nitrogens with two attached hydrogens (primary N) is 1. The van der Waals surface area contributed by atoms with Gasteiger partial charge in [0.05, 0.1) is 5.69 Å². The summed E-state index contributed by atoms with van der Waals surface area (Å²) in [6.45, 7) is 0. The molecular formula is C7H8N2O3. The van der Waals surface area contributed by atoms with Gasteiger partial charge >= 0.3 is 5.97 Å². The van der Waals surface area contributed by atoms with Gasteiger partial charge in [0.2, 0.25) is 0 Å². The Balaban J connectivity index is 2.41. The van der Waals surface area contributed by atoms with E-state index in [1.807, 2.05) is 0 Å². The molecule has 0 aromatic carbocycles. The number of aliphatic carboxylic acids is 1. The number of carbonyl (C=O) groups is 1. The van der Waals surface area contributed by atoms with Crippen LogP contribution in [0.3, 0.4) is 0 Å². The van der Waals surface area contributed by atoms with E-state index in [9.17, 15) is 4.79 Å². The molecule has 3 N–H and O–H groups in total. The third kappa shape index (κ3) is 0.861. The fourth-order valence-corrected chi connectivity index (χ4v) is 1.48. The topological polar surface area (TPSA) is 89.4 Å². The molecule has 0 aliphatic heterocycles. The van der Waals surface area contributed by atoms with Crippen LogP contribution in [-0.2, 0) is 11.2 Å². The van der Waals surface area contributed by atoms with Crippen molar-refractivity contribution in [2.75, 3.05) is 5.73 Å². The molecule has 1 atom stereocenters. The van der Waals surface area contributed by atoms with E-state index in [0.717, 1.165) is 0 Å². The van der Waals surface area contributed by atoms with E-state index in [1.54, 1.807) is 0 Å². The zero-order valence-corrected chi connectivity index (χ0v) is 6.28. The van der Waals surface area contributed by atoms with E-state index in [1.165, 1.54) is 0 Å². The number of aryl methyl sites for hydroxylation is 1. The number of hydrogen-bond donors (Lipinski definition) is 2. The maximum Gasteiger partial charge on any atom is 0.314 e. The number of fused-ring (bicyclic) bond motifs is 1. The van der Waals surface area contributed by atoms with Crippen LogP contribution in [0.2, 0.25) is 0 Å². The fourth-order valence-electron chi connectivity index (χ4n) is 1.48. The van der Waals surface area contributed by atoms with Crippen molar-refractivity contribution < 1.29 is 14.3 Å². The first-order valence-corrected chi connectivity index (χ1v) is 3.66. The van der Waals surface area contributed by atoms with Crippen molar-refractivity contribution in [2.24, 2.45) is 0 Å². The summed E-state index contributed by atoms with van der Waals surface area (Å²) in [7, 11) is 0. The number of hydrogen-bond acceptors (Lipinski definition) is 4. The Labute approximate surface area is 68.2 Å². The highest BCUT2D eigenvalue weighted by Gasteiger charge is 2.33. The first-order valence-electron chi connectivity index (χ1n) is 3.66. The number of oxazole rings is 1. The predicted octanol–water partition coefficient (Wildman–Crippen LogP) is 0.371. The third-order valence-corrected chi connectivity index (χ3v) is 2.03. The molecule has 0 saturated heterocycles. The van der Waals surface area contributed by atoms with Crippen molar-refractivity contribution in [1.29, 1.82) is 0 Å². The number of rotatable bonds is 1. The quantitative estimate of drug-likeness (QED) is 0.632. The summed E-state index contributed by atoms with van der Waals surface area (Å²) in [6.07, 6.45) is 1.21. The molecule has 1 unspecified atom stereocenters. The van der Waals surface area contributed by atoms with Gasteiger partial charge in [0.15, 0.2) is 0 Å². The summed E-state index contributed by atoms with van der Waals surface area (Å²) in [6, 6.07) is 0.0611. The van der Waals surface area contributed by atoms with Gasteiger partial charge in [0, 0.05) is 0 Å². The molecule has 0 amide bonds. The molecule has 64 valence electrons. The molecule has 5 nitrogen and oxygen atoms in total. The minimum absolute atomic E-state index is 0.0611. The Morgan fingerprint density at radius 2 is 2.50 bits per heavy atom. The third-order valence-electron chi connectivity index (χ3n) is 2.03. The molecule has 2 rings (SSSR count). The molecule has 0 bridgehead atoms. The van der Waals surface area contributed by atoms with Crippen LogP contribution in [0.1, 0.15) is 23.8 Å². The molecular weight excluding hydrogens is 160 g/mol. The molecule has 0 saturated carbocycles. The first-order chi connectivity index (χ1) is 5.68. The molecule has 0 spiro atoms. The minimum atomic E-state index is -0.870. The lowest BCUT2D eigenvalue weighted by molar-refractivity contribution is -0.139. The smallest absolute Gasteiger partial charge is 0.314 e. The normalized spacial score (nSPS) is 20.8. The summed E-state index contributed by atoms with van der Waals surface area (Å²) in [5.74, 6) is -0.991. The maximum atomic E-state index is 10.6. The lowest BCUT2D eigenvalue weighted by Gasteiger charge is -1.99. The Bertz CT molecular complexity index is 331. The van der Waals surface area contributed by atoms with Crippen molar-refractivity contribution >= 4 is 12.0 Å². The van der Waals surface area contributed by atoms with Gasteiger partial charge in [-0.3, -0.25) is 4.79 Å². The maximum absolute atomic E-state index is 10.6. The van der Waals surface area contributed by atoms with Crippen molar-refractivity contribution in [2.45, 2.75) is 18.8 Å². The largest absolute Gasteiger partial charge is 0.481 e. The number of nitrogens with zero attached hydrogens (tertiary/aromatic N) is 1. The van der Waals surface area contributed by atoms with Gasteiger partial charge in [-0.2, -0.15) is 4.98 Å². The van der Waals surface area contributed by atoms with E-state index in [4.69, 9.17) is 15.3 Å². The van der Waals surface area contributed by atoms with Crippen LogP contribution in [0.25, 0.3) is 0 Å². The van der Waals surface area contributed by atoms with Gasteiger partial charge < -0.3 is 15.3 Å². The molecule has 1 heterocycles. The minimum Gasteiger partial charge on any atom is -0.481 e. The number of carboxylic acids is 1. The highest BCUT2D eigenvalue weighted by molar-refractivity contribution is 5.76. The monoisotopic (exact) mass is 168 g/mol. The van der Waals surface area contributed by atoms with Gasteiger partial charge in [-0.1, -0.05) is 0 Å². The van der Waals surface area contributed by atoms with Crippen LogP contribution in [0, 0.1) is 0 Å². The van der Waals surface area contributed by atoms with Crippen molar-refractivity contribution in [3.63, 3.8) is 0 Å². The van der Waals surface area contributed by atoms with E-state index < -0.39 is 11.9 Å². The number of aromatic nitrogens is 1. The van der Waals surface area contributed by atoms with Gasteiger partial charge in [-0.25, -0.2) is 0 Å². The van der Waals surface area contributed by atoms with Gasteiger partial charge in [0.25, 0.3) is 6.01 Å². The molecule has 0 radical (unpaired) electrons. The molecule has 12 heavy (non-hydrogen) atoms. The zero-order chi connectivity index (χ0) is 8.72. The second kappa shape index (κ2) is 2.23. The van der Waals surface area contributed by atoms with Crippen molar-refractivity contribution in [3.8, 4) is 0 Å². The highest BCUT2D eigenvalue weighted by Crippen LogP contribution is 2.34. The summed E-state index contributed by atoms with van der Waals surface area (Å²) >= 11 is 0. The van der Waals surface area contributed by atoms with Gasteiger partial charge in [-0.05, 0) is 12.8 Å². The average molecular weight is 168 g/mol. The molecule has 1 aliphatic rings. The Morgan fingerprint density at radius 3 is 3.17 bits per heavy atom. The SMILES string of the molecule is Nc1nc2c(o1)C(C(=O)O)CC2. The first kappa shape index (κ1) is 7.15. The van der Waals surface area contributed by atoms with Crippen LogP contribution in [0.4, 0.5) is 6.01 Å². The van der Waals surface area contributed by atoms with Crippen LogP contribution in [-0.4, -0.2) is 16.1 Å². The average Bonchev–Trinajstić information content (AvgIpc) is 2.43. The number of anilines is 1. The second-order valence-corrected chi connectivity index (χ2v) is 2.79. The Morgan fingerprint density at radius 1 is 1.75 bits per heavy atom. The predicted molar refractivity (Wildman–Crippen MR) is 39.6 cm³/mol. The molecule has 1 aromatic rings. The Hall–Kier alpha value is -1.52. The van der Waals surface area contributed by atoms with Gasteiger partial charge in [-0.15, -0.1) is 0 Å².